The standard InChI is InChI=1S/C11H19N3OS/c1-2-9-4-14-11(16-9)5-13-3-8-6-15-7-10(8)12/h4,8,10,13H,2-3,5-7,12H2,1H3. The molecule has 1 aliphatic rings. The molecular formula is C11H19N3OS. The van der Waals surface area contributed by atoms with Crippen molar-refractivity contribution in [2.45, 2.75) is 25.9 Å². The summed E-state index contributed by atoms with van der Waals surface area (Å²) in [7, 11) is 0. The topological polar surface area (TPSA) is 60.2 Å². The van der Waals surface area contributed by atoms with Gasteiger partial charge in [0.05, 0.1) is 13.2 Å². The van der Waals surface area contributed by atoms with Crippen LogP contribution in [0.5, 0.6) is 0 Å². The van der Waals surface area contributed by atoms with E-state index in [1.54, 1.807) is 11.3 Å². The SMILES string of the molecule is CCc1cnc(CNCC2COCC2N)s1. The van der Waals surface area contributed by atoms with Gasteiger partial charge in [-0.1, -0.05) is 6.92 Å². The molecule has 0 amide bonds. The summed E-state index contributed by atoms with van der Waals surface area (Å²) in [5, 5.41) is 4.56. The van der Waals surface area contributed by atoms with E-state index in [0.717, 1.165) is 31.1 Å². The predicted octanol–water partition coefficient (Wildman–Crippen LogP) is 0.769. The Labute approximate surface area is 100 Å². The Morgan fingerprint density at radius 1 is 1.62 bits per heavy atom. The van der Waals surface area contributed by atoms with Crippen molar-refractivity contribution in [3.05, 3.63) is 16.1 Å². The molecule has 1 saturated heterocycles. The zero-order valence-corrected chi connectivity index (χ0v) is 10.4. The van der Waals surface area contributed by atoms with E-state index < -0.39 is 0 Å². The van der Waals surface area contributed by atoms with Gasteiger partial charge in [0.15, 0.2) is 0 Å². The minimum Gasteiger partial charge on any atom is -0.379 e. The molecule has 1 fully saturated rings. The Morgan fingerprint density at radius 3 is 3.12 bits per heavy atom. The monoisotopic (exact) mass is 241 g/mol. The lowest BCUT2D eigenvalue weighted by molar-refractivity contribution is 0.184. The molecule has 0 aromatic carbocycles. The summed E-state index contributed by atoms with van der Waals surface area (Å²) in [6.45, 7) is 5.39. The number of thiazole rings is 1. The van der Waals surface area contributed by atoms with Crippen molar-refractivity contribution in [1.29, 1.82) is 0 Å². The molecule has 2 rings (SSSR count). The molecule has 0 bridgehead atoms. The fraction of sp³-hybridized carbons (Fsp3) is 0.727. The Balaban J connectivity index is 1.71. The van der Waals surface area contributed by atoms with E-state index in [2.05, 4.69) is 17.2 Å². The number of aromatic nitrogens is 1. The third-order valence-electron chi connectivity index (χ3n) is 2.88. The first kappa shape index (κ1) is 12.0. The molecule has 2 heterocycles. The highest BCUT2D eigenvalue weighted by Crippen LogP contribution is 2.14. The van der Waals surface area contributed by atoms with Gasteiger partial charge in [-0.2, -0.15) is 0 Å². The van der Waals surface area contributed by atoms with Gasteiger partial charge in [-0.3, -0.25) is 0 Å². The highest BCUT2D eigenvalue weighted by atomic mass is 32.1. The summed E-state index contributed by atoms with van der Waals surface area (Å²) in [6, 6.07) is 0.190. The number of hydrogen-bond acceptors (Lipinski definition) is 5. The second-order valence-electron chi connectivity index (χ2n) is 4.17. The molecule has 90 valence electrons. The molecule has 0 saturated carbocycles. The average molecular weight is 241 g/mol. The fourth-order valence-electron chi connectivity index (χ4n) is 1.78. The van der Waals surface area contributed by atoms with E-state index in [0.29, 0.717) is 12.5 Å². The lowest BCUT2D eigenvalue weighted by Gasteiger charge is -2.12. The number of ether oxygens (including phenoxy) is 1. The Hall–Kier alpha value is -0.490. The van der Waals surface area contributed by atoms with Crippen LogP contribution in [-0.2, 0) is 17.7 Å². The Morgan fingerprint density at radius 2 is 2.50 bits per heavy atom. The first-order chi connectivity index (χ1) is 7.79. The van der Waals surface area contributed by atoms with Gasteiger partial charge in [-0.25, -0.2) is 4.98 Å². The second-order valence-corrected chi connectivity index (χ2v) is 5.37. The minimum atomic E-state index is 0.190. The van der Waals surface area contributed by atoms with Crippen molar-refractivity contribution in [2.75, 3.05) is 19.8 Å². The quantitative estimate of drug-likeness (QED) is 0.799. The lowest BCUT2D eigenvalue weighted by Crippen LogP contribution is -2.35. The van der Waals surface area contributed by atoms with Crippen molar-refractivity contribution in [3.63, 3.8) is 0 Å². The van der Waals surface area contributed by atoms with Crippen LogP contribution in [0.15, 0.2) is 6.20 Å². The van der Waals surface area contributed by atoms with E-state index in [1.807, 2.05) is 6.20 Å². The Bertz CT molecular complexity index is 329. The molecule has 1 aromatic heterocycles. The normalized spacial score (nSPS) is 25.1. The summed E-state index contributed by atoms with van der Waals surface area (Å²) in [5.41, 5.74) is 5.91. The van der Waals surface area contributed by atoms with Crippen LogP contribution < -0.4 is 11.1 Å². The zero-order chi connectivity index (χ0) is 11.4. The van der Waals surface area contributed by atoms with Crippen molar-refractivity contribution in [1.82, 2.24) is 10.3 Å². The molecule has 1 aliphatic heterocycles. The number of aryl methyl sites for hydroxylation is 1. The van der Waals surface area contributed by atoms with Crippen LogP contribution in [-0.4, -0.2) is 30.8 Å². The van der Waals surface area contributed by atoms with Crippen LogP contribution >= 0.6 is 11.3 Å². The van der Waals surface area contributed by atoms with Crippen molar-refractivity contribution in [2.24, 2.45) is 11.7 Å². The molecule has 0 radical (unpaired) electrons. The third kappa shape index (κ3) is 3.01. The molecule has 2 atom stereocenters. The largest absolute Gasteiger partial charge is 0.379 e. The summed E-state index contributed by atoms with van der Waals surface area (Å²) in [5.74, 6) is 0.450. The highest BCUT2D eigenvalue weighted by molar-refractivity contribution is 7.11. The van der Waals surface area contributed by atoms with E-state index in [4.69, 9.17) is 10.5 Å². The molecule has 0 aliphatic carbocycles. The van der Waals surface area contributed by atoms with Crippen molar-refractivity contribution >= 4 is 11.3 Å². The second kappa shape index (κ2) is 5.72. The lowest BCUT2D eigenvalue weighted by atomic mass is 10.1. The smallest absolute Gasteiger partial charge is 0.107 e. The molecule has 16 heavy (non-hydrogen) atoms. The van der Waals surface area contributed by atoms with Crippen LogP contribution in [0, 0.1) is 5.92 Å². The maximum absolute atomic E-state index is 5.91. The maximum Gasteiger partial charge on any atom is 0.107 e. The van der Waals surface area contributed by atoms with Crippen LogP contribution in [0.4, 0.5) is 0 Å². The number of nitrogens with two attached hydrogens (primary N) is 1. The summed E-state index contributed by atoms with van der Waals surface area (Å²) in [6.07, 6.45) is 3.03. The van der Waals surface area contributed by atoms with Gasteiger partial charge < -0.3 is 15.8 Å². The first-order valence-corrected chi connectivity index (χ1v) is 6.59. The molecule has 5 heteroatoms. The molecule has 1 aromatic rings. The number of nitrogens with one attached hydrogen (secondary N) is 1. The molecule has 4 nitrogen and oxygen atoms in total. The molecule has 3 N–H and O–H groups in total. The number of rotatable bonds is 5. The van der Waals surface area contributed by atoms with E-state index >= 15 is 0 Å². The van der Waals surface area contributed by atoms with E-state index in [1.165, 1.54) is 4.88 Å². The number of nitrogens with zero attached hydrogens (tertiary/aromatic N) is 1. The van der Waals surface area contributed by atoms with Crippen LogP contribution in [0.3, 0.4) is 0 Å². The van der Waals surface area contributed by atoms with Crippen LogP contribution in [0.1, 0.15) is 16.8 Å². The van der Waals surface area contributed by atoms with Gasteiger partial charge >= 0.3 is 0 Å². The average Bonchev–Trinajstić information content (AvgIpc) is 2.89. The fourth-order valence-corrected chi connectivity index (χ4v) is 2.62. The van der Waals surface area contributed by atoms with Gasteiger partial charge in [0.2, 0.25) is 0 Å². The number of hydrogen-bond donors (Lipinski definition) is 2. The zero-order valence-electron chi connectivity index (χ0n) is 9.61. The van der Waals surface area contributed by atoms with Gasteiger partial charge in [-0.05, 0) is 6.42 Å². The van der Waals surface area contributed by atoms with Gasteiger partial charge in [0, 0.05) is 36.1 Å². The molecular weight excluding hydrogens is 222 g/mol. The van der Waals surface area contributed by atoms with E-state index in [-0.39, 0.29) is 6.04 Å². The first-order valence-electron chi connectivity index (χ1n) is 5.77. The minimum absolute atomic E-state index is 0.190. The highest BCUT2D eigenvalue weighted by Gasteiger charge is 2.24. The van der Waals surface area contributed by atoms with Crippen molar-refractivity contribution in [3.8, 4) is 0 Å². The van der Waals surface area contributed by atoms with Crippen molar-refractivity contribution < 1.29 is 4.74 Å². The summed E-state index contributed by atoms with van der Waals surface area (Å²) in [4.78, 5) is 5.71. The summed E-state index contributed by atoms with van der Waals surface area (Å²) >= 11 is 1.78. The molecule has 2 unspecified atom stereocenters. The third-order valence-corrected chi connectivity index (χ3v) is 4.02. The summed E-state index contributed by atoms with van der Waals surface area (Å²) < 4.78 is 5.32. The van der Waals surface area contributed by atoms with Crippen LogP contribution in [0.25, 0.3) is 0 Å². The predicted molar refractivity (Wildman–Crippen MR) is 65.5 cm³/mol. The van der Waals surface area contributed by atoms with Crippen LogP contribution in [0.2, 0.25) is 0 Å². The Kier molecular flexibility index (Phi) is 4.29. The van der Waals surface area contributed by atoms with Gasteiger partial charge in [0.1, 0.15) is 5.01 Å². The van der Waals surface area contributed by atoms with Gasteiger partial charge in [-0.15, -0.1) is 11.3 Å². The maximum atomic E-state index is 5.91. The molecule has 0 spiro atoms. The van der Waals surface area contributed by atoms with Gasteiger partial charge in [0.25, 0.3) is 0 Å². The van der Waals surface area contributed by atoms with E-state index in [9.17, 15) is 0 Å².